The molecule has 2 aromatic rings. The fourth-order valence-electron chi connectivity index (χ4n) is 4.58. The average molecular weight is 984 g/mol. The van der Waals surface area contributed by atoms with E-state index in [4.69, 9.17) is 0 Å². The Labute approximate surface area is 310 Å². The van der Waals surface area contributed by atoms with E-state index in [0.29, 0.717) is 0 Å². The number of benzene rings is 2. The van der Waals surface area contributed by atoms with Gasteiger partial charge in [0.25, 0.3) is 20.0 Å². The Balaban J connectivity index is 3.38. The van der Waals surface area contributed by atoms with Crippen molar-refractivity contribution in [3.05, 3.63) is 58.7 Å². The molecule has 6 nitrogen and oxygen atoms in total. The van der Waals surface area contributed by atoms with Crippen LogP contribution in [-0.2, 0) is 42.7 Å². The number of sulfonamides is 2. The van der Waals surface area contributed by atoms with E-state index < -0.39 is 164 Å². The number of rotatable bonds is 8. The summed E-state index contributed by atoms with van der Waals surface area (Å²) in [6, 6.07) is -10.9. The quantitative estimate of drug-likeness (QED) is 0.162. The van der Waals surface area contributed by atoms with Crippen LogP contribution in [0.3, 0.4) is 0 Å². The van der Waals surface area contributed by atoms with Gasteiger partial charge in [-0.1, -0.05) is 0 Å². The Kier molecular flexibility index (Phi) is 12.4. The number of halogens is 28. The fraction of sp³-hybridized carbons (Fsp3) is 0.500. The third-order valence-electron chi connectivity index (χ3n) is 7.60. The second kappa shape index (κ2) is 14.2. The van der Waals surface area contributed by atoms with Crippen LogP contribution in [0.5, 0.6) is 0 Å². The molecule has 2 aromatic carbocycles. The lowest BCUT2D eigenvalue weighted by Gasteiger charge is -2.34. The van der Waals surface area contributed by atoms with E-state index in [9.17, 15) is 140 Å². The first-order valence-electron chi connectivity index (χ1n) is 13.5. The third-order valence-corrected chi connectivity index (χ3v) is 11.4. The molecule has 60 heavy (non-hydrogen) atoms. The minimum atomic E-state index is -7.76. The van der Waals surface area contributed by atoms with Crippen LogP contribution in [0.2, 0.25) is 0 Å². The molecule has 0 aromatic heterocycles. The molecule has 36 heteroatoms. The topological polar surface area (TPSA) is 97.5 Å². The molecule has 0 radical (unpaired) electrons. The monoisotopic (exact) mass is 984 g/mol. The van der Waals surface area contributed by atoms with E-state index in [1.165, 1.54) is 0 Å². The van der Waals surface area contributed by atoms with E-state index in [2.05, 4.69) is 5.84 Å². The molecular formula is C24H8F28N2O4S2. The summed E-state index contributed by atoms with van der Waals surface area (Å²) in [5, 5.41) is 0. The van der Waals surface area contributed by atoms with Crippen molar-refractivity contribution >= 4 is 20.0 Å². The van der Waals surface area contributed by atoms with E-state index in [1.807, 2.05) is 0 Å². The normalized spacial score (nSPS) is 15.8. The summed E-state index contributed by atoms with van der Waals surface area (Å²) >= 11 is 0. The summed E-state index contributed by atoms with van der Waals surface area (Å²) < 4.78 is 433. The summed E-state index contributed by atoms with van der Waals surface area (Å²) in [4.78, 5) is -6.97. The number of hydrazine groups is 1. The van der Waals surface area contributed by atoms with Crippen molar-refractivity contribution < 1.29 is 140 Å². The minimum Gasteiger partial charge on any atom is -0.240 e. The largest absolute Gasteiger partial charge is 0.435 e. The second-order valence-electron chi connectivity index (χ2n) is 11.3. The van der Waals surface area contributed by atoms with Gasteiger partial charge < -0.3 is 0 Å². The fourth-order valence-corrected chi connectivity index (χ4v) is 7.65. The minimum absolute atomic E-state index is 1.75. The number of nitrogens with two attached hydrogens (primary N) is 1. The zero-order chi connectivity index (χ0) is 48.3. The van der Waals surface area contributed by atoms with Crippen molar-refractivity contribution in [1.82, 2.24) is 3.82 Å². The van der Waals surface area contributed by atoms with Crippen LogP contribution in [0.25, 0.3) is 0 Å². The van der Waals surface area contributed by atoms with Crippen molar-refractivity contribution in [3.63, 3.8) is 0 Å². The molecular weight excluding hydrogens is 976 g/mol. The SMILES string of the molecule is NN(S(=O)(=O)c1cc(C(F)(C(F)(F)F)C(F)(F)F)cc(C(F)(C(F)(F)F)C(F)(F)F)c1)S(=O)(=O)c1cc(C(F)(C(F)(F)F)C(F)(F)F)cc(C(F)(C(F)(F)F)C(F)(F)F)c1. The molecule has 0 aliphatic heterocycles. The second-order valence-corrected chi connectivity index (χ2v) is 15.2. The van der Waals surface area contributed by atoms with E-state index in [1.54, 1.807) is 0 Å². The average Bonchev–Trinajstić information content (AvgIpc) is 3.01. The van der Waals surface area contributed by atoms with Gasteiger partial charge in [0.05, 0.1) is 9.79 Å². The molecule has 2 rings (SSSR count). The maximum absolute atomic E-state index is 14.9. The number of hydrogen-bond donors (Lipinski definition) is 1. The molecule has 0 amide bonds. The van der Waals surface area contributed by atoms with Gasteiger partial charge in [-0.15, -0.1) is 0 Å². The maximum atomic E-state index is 14.9. The van der Waals surface area contributed by atoms with Gasteiger partial charge in [-0.2, -0.15) is 105 Å². The number of nitrogens with zero attached hydrogens (tertiary/aromatic N) is 1. The van der Waals surface area contributed by atoms with Gasteiger partial charge in [0.1, 0.15) is 0 Å². The smallest absolute Gasteiger partial charge is 0.240 e. The van der Waals surface area contributed by atoms with Crippen LogP contribution >= 0.6 is 0 Å². The van der Waals surface area contributed by atoms with E-state index >= 15 is 0 Å². The molecule has 0 saturated carbocycles. The molecule has 0 spiro atoms. The predicted molar refractivity (Wildman–Crippen MR) is 133 cm³/mol. The van der Waals surface area contributed by atoms with Gasteiger partial charge in [0, 0.05) is 22.3 Å². The van der Waals surface area contributed by atoms with Crippen molar-refractivity contribution in [2.24, 2.45) is 5.84 Å². The van der Waals surface area contributed by atoms with Crippen molar-refractivity contribution in [2.75, 3.05) is 0 Å². The standard InChI is InChI=1S/C24H8F28N2O4S2/c25-13(17(29,30)31,18(32,33)34)7-1-8(14(26,19(35,36)37)20(38,39)40)4-11(3-7)59(55,56)54(53)60(57,58)12-5-9(15(27,21(41,42)43)22(44,45)46)2-10(6-12)16(28,23(47,48)49)24(50,51)52/h1-6H,53H2. The van der Waals surface area contributed by atoms with E-state index in [-0.39, 0.29) is 0 Å². The Bertz CT molecular complexity index is 1850. The first-order valence-corrected chi connectivity index (χ1v) is 16.3. The molecule has 346 valence electrons. The molecule has 0 atom stereocenters. The number of alkyl halides is 28. The van der Waals surface area contributed by atoms with Gasteiger partial charge in [-0.3, -0.25) is 0 Å². The van der Waals surface area contributed by atoms with Crippen LogP contribution in [0.4, 0.5) is 123 Å². The predicted octanol–water partition coefficient (Wildman–Crippen LogP) is 10.1. The maximum Gasteiger partial charge on any atom is 0.435 e. The summed E-state index contributed by atoms with van der Waals surface area (Å²) in [5.41, 5.74) is -45.6. The highest BCUT2D eigenvalue weighted by Gasteiger charge is 2.78. The van der Waals surface area contributed by atoms with Crippen LogP contribution in [-0.4, -0.2) is 70.1 Å². The van der Waals surface area contributed by atoms with Crippen LogP contribution in [0.1, 0.15) is 22.3 Å². The first kappa shape index (κ1) is 52.4. The van der Waals surface area contributed by atoms with Crippen molar-refractivity contribution in [2.45, 2.75) is 81.9 Å². The van der Waals surface area contributed by atoms with Crippen molar-refractivity contribution in [3.8, 4) is 0 Å². The van der Waals surface area contributed by atoms with Crippen molar-refractivity contribution in [1.29, 1.82) is 0 Å². The highest BCUT2D eigenvalue weighted by atomic mass is 32.3. The van der Waals surface area contributed by atoms with Crippen LogP contribution < -0.4 is 5.84 Å². The molecule has 0 bridgehead atoms. The molecule has 0 heterocycles. The lowest BCUT2D eigenvalue weighted by atomic mass is 9.87. The summed E-state index contributed by atoms with van der Waals surface area (Å²) in [7, 11) is -15.5. The third kappa shape index (κ3) is 7.84. The van der Waals surface area contributed by atoms with E-state index in [0.717, 1.165) is 0 Å². The van der Waals surface area contributed by atoms with Gasteiger partial charge in [0.15, 0.2) is 0 Å². The molecule has 0 aliphatic rings. The van der Waals surface area contributed by atoms with Gasteiger partial charge in [0.2, 0.25) is 0 Å². The lowest BCUT2D eigenvalue weighted by Crippen LogP contribution is -2.53. The molecule has 0 fully saturated rings. The Hall–Kier alpha value is -3.70. The van der Waals surface area contributed by atoms with Crippen LogP contribution in [0.15, 0.2) is 46.2 Å². The highest BCUT2D eigenvalue weighted by Crippen LogP contribution is 2.59. The Morgan fingerprint density at radius 3 is 0.550 bits per heavy atom. The van der Waals surface area contributed by atoms with Gasteiger partial charge in [-0.25, -0.2) is 40.2 Å². The Morgan fingerprint density at radius 2 is 0.433 bits per heavy atom. The number of hydrogen-bond acceptors (Lipinski definition) is 5. The lowest BCUT2D eigenvalue weighted by molar-refractivity contribution is -0.352. The summed E-state index contributed by atoms with van der Waals surface area (Å²) in [6.07, 6.45) is -61.9. The zero-order valence-electron chi connectivity index (χ0n) is 26.5. The summed E-state index contributed by atoms with van der Waals surface area (Å²) in [6.45, 7) is 0. The molecule has 2 N–H and O–H groups in total. The van der Waals surface area contributed by atoms with Gasteiger partial charge >= 0.3 is 72.1 Å². The highest BCUT2D eigenvalue weighted by molar-refractivity contribution is 8.04. The van der Waals surface area contributed by atoms with Crippen LogP contribution in [0, 0.1) is 0 Å². The zero-order valence-corrected chi connectivity index (χ0v) is 28.2. The Morgan fingerprint density at radius 1 is 0.300 bits per heavy atom. The molecule has 0 saturated heterocycles. The van der Waals surface area contributed by atoms with Gasteiger partial charge in [-0.05, 0) is 40.2 Å². The first-order chi connectivity index (χ1) is 25.8. The molecule has 0 aliphatic carbocycles. The molecule has 0 unspecified atom stereocenters. The summed E-state index contributed by atoms with van der Waals surface area (Å²) in [5.74, 6) is 4.52.